The highest BCUT2D eigenvalue weighted by molar-refractivity contribution is 7.98. The van der Waals surface area contributed by atoms with E-state index in [-0.39, 0.29) is 0 Å². The molecule has 4 nitrogen and oxygen atoms in total. The van der Waals surface area contributed by atoms with Crippen LogP contribution in [-0.4, -0.2) is 23.3 Å². The van der Waals surface area contributed by atoms with Crippen LogP contribution in [0.5, 0.6) is 0 Å². The highest BCUT2D eigenvalue weighted by Crippen LogP contribution is 2.19. The molecule has 0 atom stereocenters. The topological polar surface area (TPSA) is 49.8 Å². The van der Waals surface area contributed by atoms with Crippen LogP contribution in [0, 0.1) is 6.92 Å². The van der Waals surface area contributed by atoms with Gasteiger partial charge in [-0.2, -0.15) is 11.3 Å². The first-order valence-electron chi connectivity index (χ1n) is 5.59. The van der Waals surface area contributed by atoms with Crippen molar-refractivity contribution in [1.82, 2.24) is 9.97 Å². The van der Waals surface area contributed by atoms with Gasteiger partial charge < -0.3 is 10.6 Å². The number of thioether (sulfide) groups is 1. The van der Waals surface area contributed by atoms with E-state index in [9.17, 15) is 0 Å². The second-order valence-electron chi connectivity index (χ2n) is 3.81. The van der Waals surface area contributed by atoms with Crippen LogP contribution in [0.15, 0.2) is 22.0 Å². The number of thiophene rings is 1. The quantitative estimate of drug-likeness (QED) is 0.650. The molecule has 0 spiro atoms. The second-order valence-corrected chi connectivity index (χ2v) is 5.33. The van der Waals surface area contributed by atoms with E-state index in [1.807, 2.05) is 19.4 Å². The van der Waals surface area contributed by atoms with E-state index >= 15 is 0 Å². The lowest BCUT2D eigenvalue weighted by Gasteiger charge is -2.08. The van der Waals surface area contributed by atoms with Crippen LogP contribution < -0.4 is 10.6 Å². The van der Waals surface area contributed by atoms with Gasteiger partial charge >= 0.3 is 0 Å². The van der Waals surface area contributed by atoms with Crippen LogP contribution in [0.25, 0.3) is 0 Å². The number of rotatable bonds is 5. The Balaban J connectivity index is 2.11. The van der Waals surface area contributed by atoms with Crippen molar-refractivity contribution in [3.05, 3.63) is 28.0 Å². The Kier molecular flexibility index (Phi) is 4.43. The molecule has 2 aromatic rings. The summed E-state index contributed by atoms with van der Waals surface area (Å²) in [5.74, 6) is 1.68. The summed E-state index contributed by atoms with van der Waals surface area (Å²) in [6.07, 6.45) is 1.97. The first kappa shape index (κ1) is 13.2. The lowest BCUT2D eigenvalue weighted by Crippen LogP contribution is -2.04. The molecule has 0 amide bonds. The molecule has 96 valence electrons. The minimum atomic E-state index is 0.770. The summed E-state index contributed by atoms with van der Waals surface area (Å²) in [5, 5.41) is 11.5. The number of hydrogen-bond acceptors (Lipinski definition) is 6. The molecule has 0 unspecified atom stereocenters. The van der Waals surface area contributed by atoms with Gasteiger partial charge in [0.2, 0.25) is 0 Å². The molecule has 0 aromatic carbocycles. The predicted octanol–water partition coefficient (Wildman–Crippen LogP) is 3.22. The molecule has 6 heteroatoms. The summed E-state index contributed by atoms with van der Waals surface area (Å²) in [7, 11) is 1.86. The molecule has 0 bridgehead atoms. The summed E-state index contributed by atoms with van der Waals surface area (Å²) >= 11 is 3.27. The maximum Gasteiger partial charge on any atom is 0.191 e. The minimum absolute atomic E-state index is 0.770. The Morgan fingerprint density at radius 3 is 2.67 bits per heavy atom. The lowest BCUT2D eigenvalue weighted by atomic mass is 10.2. The first-order valence-corrected chi connectivity index (χ1v) is 7.76. The van der Waals surface area contributed by atoms with Crippen molar-refractivity contribution >= 4 is 34.7 Å². The Morgan fingerprint density at radius 1 is 1.28 bits per heavy atom. The van der Waals surface area contributed by atoms with Gasteiger partial charge in [0.15, 0.2) is 5.16 Å². The molecule has 0 aliphatic rings. The monoisotopic (exact) mass is 280 g/mol. The molecule has 0 saturated heterocycles. The van der Waals surface area contributed by atoms with Gasteiger partial charge in [0, 0.05) is 19.7 Å². The lowest BCUT2D eigenvalue weighted by molar-refractivity contribution is 0.957. The molecule has 2 heterocycles. The smallest absolute Gasteiger partial charge is 0.191 e. The number of anilines is 2. The molecule has 0 saturated carbocycles. The third-order valence-corrected chi connectivity index (χ3v) is 4.02. The average Bonchev–Trinajstić information content (AvgIpc) is 2.81. The van der Waals surface area contributed by atoms with Crippen LogP contribution >= 0.6 is 23.1 Å². The molecule has 2 N–H and O–H groups in total. The van der Waals surface area contributed by atoms with Crippen LogP contribution in [0.1, 0.15) is 11.1 Å². The van der Waals surface area contributed by atoms with Gasteiger partial charge in [-0.25, -0.2) is 9.97 Å². The van der Waals surface area contributed by atoms with E-state index in [0.29, 0.717) is 0 Å². The van der Waals surface area contributed by atoms with Crippen LogP contribution in [-0.2, 0) is 6.54 Å². The molecular formula is C12H16N4S2. The highest BCUT2D eigenvalue weighted by atomic mass is 32.2. The molecule has 2 rings (SSSR count). The van der Waals surface area contributed by atoms with E-state index in [1.165, 1.54) is 22.9 Å². The van der Waals surface area contributed by atoms with Crippen molar-refractivity contribution in [1.29, 1.82) is 0 Å². The standard InChI is InChI=1S/C12H16N4S2/c1-8-6-18-7-9(8)5-14-11-4-10(13-2)15-12(16-11)17-3/h4,6-7H,5H2,1-3H3,(H2,13,14,15,16). The van der Waals surface area contributed by atoms with E-state index in [4.69, 9.17) is 0 Å². The zero-order valence-electron chi connectivity index (χ0n) is 10.7. The Hall–Kier alpha value is -1.27. The van der Waals surface area contributed by atoms with Gasteiger partial charge in [0.1, 0.15) is 11.6 Å². The van der Waals surface area contributed by atoms with E-state index in [0.717, 1.165) is 23.3 Å². The number of hydrogen-bond donors (Lipinski definition) is 2. The van der Waals surface area contributed by atoms with Gasteiger partial charge in [0.05, 0.1) is 0 Å². The fourth-order valence-electron chi connectivity index (χ4n) is 1.49. The second kappa shape index (κ2) is 6.06. The highest BCUT2D eigenvalue weighted by Gasteiger charge is 2.04. The zero-order chi connectivity index (χ0) is 13.0. The van der Waals surface area contributed by atoms with Gasteiger partial charge in [-0.15, -0.1) is 0 Å². The van der Waals surface area contributed by atoms with Crippen molar-refractivity contribution in [3.8, 4) is 0 Å². The van der Waals surface area contributed by atoms with E-state index in [2.05, 4.69) is 38.3 Å². The SMILES string of the molecule is CNc1cc(NCc2cscc2C)nc(SC)n1. The summed E-state index contributed by atoms with van der Waals surface area (Å²) in [6, 6.07) is 1.92. The molecule has 0 aliphatic carbocycles. The van der Waals surface area contributed by atoms with Crippen molar-refractivity contribution in [2.24, 2.45) is 0 Å². The van der Waals surface area contributed by atoms with Crippen LogP contribution in [0.3, 0.4) is 0 Å². The summed E-state index contributed by atoms with van der Waals surface area (Å²) in [4.78, 5) is 8.77. The molecule has 0 aliphatic heterocycles. The maximum absolute atomic E-state index is 4.43. The maximum atomic E-state index is 4.43. The Bertz CT molecular complexity index is 502. The molecular weight excluding hydrogens is 264 g/mol. The van der Waals surface area contributed by atoms with Crippen molar-refractivity contribution in [3.63, 3.8) is 0 Å². The van der Waals surface area contributed by atoms with E-state index < -0.39 is 0 Å². The molecule has 0 fully saturated rings. The number of aryl methyl sites for hydroxylation is 1. The summed E-state index contributed by atoms with van der Waals surface area (Å²) < 4.78 is 0. The number of nitrogens with one attached hydrogen (secondary N) is 2. The normalized spacial score (nSPS) is 10.4. The Labute approximate surface area is 115 Å². The van der Waals surface area contributed by atoms with Gasteiger partial charge in [0.25, 0.3) is 0 Å². The van der Waals surface area contributed by atoms with Crippen molar-refractivity contribution in [2.45, 2.75) is 18.6 Å². The Morgan fingerprint density at radius 2 is 2.06 bits per heavy atom. The summed E-state index contributed by atoms with van der Waals surface area (Å²) in [5.41, 5.74) is 2.64. The third kappa shape index (κ3) is 3.14. The molecule has 0 radical (unpaired) electrons. The van der Waals surface area contributed by atoms with E-state index in [1.54, 1.807) is 11.3 Å². The number of nitrogens with zero attached hydrogens (tertiary/aromatic N) is 2. The zero-order valence-corrected chi connectivity index (χ0v) is 12.3. The van der Waals surface area contributed by atoms with Crippen molar-refractivity contribution in [2.75, 3.05) is 23.9 Å². The number of aromatic nitrogens is 2. The molecule has 18 heavy (non-hydrogen) atoms. The van der Waals surface area contributed by atoms with Gasteiger partial charge in [-0.05, 0) is 35.1 Å². The summed E-state index contributed by atoms with van der Waals surface area (Å²) in [6.45, 7) is 2.92. The molecule has 2 aromatic heterocycles. The predicted molar refractivity (Wildman–Crippen MR) is 79.7 cm³/mol. The average molecular weight is 280 g/mol. The first-order chi connectivity index (χ1) is 8.72. The van der Waals surface area contributed by atoms with Crippen molar-refractivity contribution < 1.29 is 0 Å². The largest absolute Gasteiger partial charge is 0.373 e. The van der Waals surface area contributed by atoms with Gasteiger partial charge in [-0.1, -0.05) is 11.8 Å². The fourth-order valence-corrected chi connectivity index (χ4v) is 2.73. The van der Waals surface area contributed by atoms with Crippen LogP contribution in [0.4, 0.5) is 11.6 Å². The van der Waals surface area contributed by atoms with Crippen LogP contribution in [0.2, 0.25) is 0 Å². The minimum Gasteiger partial charge on any atom is -0.373 e. The fraction of sp³-hybridized carbons (Fsp3) is 0.333. The van der Waals surface area contributed by atoms with Gasteiger partial charge in [-0.3, -0.25) is 0 Å². The third-order valence-electron chi connectivity index (χ3n) is 2.57.